The number of benzene rings is 1. The van der Waals surface area contributed by atoms with Gasteiger partial charge in [-0.1, -0.05) is 12.1 Å². The maximum Gasteiger partial charge on any atom is 0.272 e. The second-order valence-electron chi connectivity index (χ2n) is 6.09. The van der Waals surface area contributed by atoms with Crippen LogP contribution in [0.5, 0.6) is 0 Å². The fourth-order valence-electron chi connectivity index (χ4n) is 2.82. The molecule has 24 heavy (non-hydrogen) atoms. The summed E-state index contributed by atoms with van der Waals surface area (Å²) in [7, 11) is 1.85. The summed E-state index contributed by atoms with van der Waals surface area (Å²) >= 11 is 0. The van der Waals surface area contributed by atoms with Crippen LogP contribution in [-0.2, 0) is 23.1 Å². The van der Waals surface area contributed by atoms with E-state index >= 15 is 0 Å². The van der Waals surface area contributed by atoms with Gasteiger partial charge in [-0.3, -0.25) is 19.7 Å². The number of nitrogens with one attached hydrogen (secondary N) is 2. The van der Waals surface area contributed by atoms with Gasteiger partial charge >= 0.3 is 0 Å². The zero-order valence-corrected chi connectivity index (χ0v) is 13.6. The van der Waals surface area contributed by atoms with E-state index in [0.717, 1.165) is 11.3 Å². The Bertz CT molecular complexity index is 805. The van der Waals surface area contributed by atoms with Gasteiger partial charge in [-0.2, -0.15) is 0 Å². The van der Waals surface area contributed by atoms with Gasteiger partial charge in [-0.15, -0.1) is 0 Å². The Hall–Kier alpha value is -2.89. The van der Waals surface area contributed by atoms with Crippen LogP contribution in [0.25, 0.3) is 0 Å². The Morgan fingerprint density at radius 3 is 2.46 bits per heavy atom. The van der Waals surface area contributed by atoms with Crippen molar-refractivity contribution in [3.8, 4) is 0 Å². The highest BCUT2D eigenvalue weighted by Gasteiger charge is 2.30. The number of aryl methyl sites for hydroxylation is 1. The molecule has 1 aromatic heterocycles. The van der Waals surface area contributed by atoms with Crippen molar-refractivity contribution in [2.45, 2.75) is 19.8 Å². The van der Waals surface area contributed by atoms with Crippen molar-refractivity contribution in [2.24, 2.45) is 13.0 Å². The lowest BCUT2D eigenvalue weighted by Gasteiger charge is -2.09. The van der Waals surface area contributed by atoms with Crippen LogP contribution in [0.3, 0.4) is 0 Å². The Labute approximate surface area is 139 Å². The minimum absolute atomic E-state index is 0.167. The highest BCUT2D eigenvalue weighted by atomic mass is 16.2. The Balaban J connectivity index is 1.64. The van der Waals surface area contributed by atoms with Gasteiger partial charge in [0.2, 0.25) is 11.8 Å². The molecule has 6 nitrogen and oxygen atoms in total. The molecular formula is C18H19N3O3. The van der Waals surface area contributed by atoms with Crippen LogP contribution in [0.4, 0.5) is 5.69 Å². The molecule has 2 heterocycles. The fraction of sp³-hybridized carbons (Fsp3) is 0.278. The number of amides is 3. The standard InChI is InChI=1S/C18H19N3O3/c1-11-3-8-15(21(11)2)18(24)19-14-6-4-12(5-7-14)9-13-10-16(22)20-17(13)23/h3-8,13H,9-10H2,1-2H3,(H,19,24)(H,20,22,23)/t13-/m0/s1. The number of rotatable bonds is 4. The van der Waals surface area contributed by atoms with E-state index in [-0.39, 0.29) is 30.1 Å². The van der Waals surface area contributed by atoms with Crippen LogP contribution >= 0.6 is 0 Å². The molecule has 1 aliphatic heterocycles. The van der Waals surface area contributed by atoms with Gasteiger partial charge in [0.1, 0.15) is 5.69 Å². The number of carbonyl (C=O) groups excluding carboxylic acids is 3. The molecule has 1 saturated heterocycles. The Morgan fingerprint density at radius 1 is 1.21 bits per heavy atom. The van der Waals surface area contributed by atoms with E-state index in [0.29, 0.717) is 17.8 Å². The molecule has 1 atom stereocenters. The molecular weight excluding hydrogens is 306 g/mol. The van der Waals surface area contributed by atoms with E-state index in [9.17, 15) is 14.4 Å². The number of nitrogens with zero attached hydrogens (tertiary/aromatic N) is 1. The molecule has 0 aliphatic carbocycles. The van der Waals surface area contributed by atoms with Gasteiger partial charge in [0.25, 0.3) is 5.91 Å². The largest absolute Gasteiger partial charge is 0.344 e. The van der Waals surface area contributed by atoms with E-state index in [1.54, 1.807) is 18.2 Å². The van der Waals surface area contributed by atoms with Gasteiger partial charge in [0, 0.05) is 24.8 Å². The fourth-order valence-corrected chi connectivity index (χ4v) is 2.82. The summed E-state index contributed by atoms with van der Waals surface area (Å²) in [6.07, 6.45) is 0.757. The van der Waals surface area contributed by atoms with Crippen molar-refractivity contribution >= 4 is 23.4 Å². The molecule has 3 amide bonds. The lowest BCUT2D eigenvalue weighted by atomic mass is 9.98. The molecule has 1 fully saturated rings. The molecule has 2 N–H and O–H groups in total. The van der Waals surface area contributed by atoms with Crippen LogP contribution in [0.15, 0.2) is 36.4 Å². The van der Waals surface area contributed by atoms with Gasteiger partial charge < -0.3 is 9.88 Å². The molecule has 0 saturated carbocycles. The number of hydrogen-bond donors (Lipinski definition) is 2. The molecule has 6 heteroatoms. The number of aromatic nitrogens is 1. The van der Waals surface area contributed by atoms with Crippen LogP contribution in [-0.4, -0.2) is 22.3 Å². The van der Waals surface area contributed by atoms with Crippen molar-refractivity contribution in [1.29, 1.82) is 0 Å². The zero-order valence-electron chi connectivity index (χ0n) is 13.6. The monoisotopic (exact) mass is 325 g/mol. The summed E-state index contributed by atoms with van der Waals surface area (Å²) in [6, 6.07) is 11.0. The third-order valence-corrected chi connectivity index (χ3v) is 4.36. The summed E-state index contributed by atoms with van der Waals surface area (Å²) in [5.41, 5.74) is 3.25. The first-order chi connectivity index (χ1) is 11.4. The Morgan fingerprint density at radius 2 is 1.92 bits per heavy atom. The van der Waals surface area contributed by atoms with Crippen molar-refractivity contribution in [2.75, 3.05) is 5.32 Å². The smallest absolute Gasteiger partial charge is 0.272 e. The second kappa shape index (κ2) is 6.31. The highest BCUT2D eigenvalue weighted by molar-refractivity contribution is 6.04. The molecule has 2 aromatic rings. The maximum absolute atomic E-state index is 12.3. The van der Waals surface area contributed by atoms with Crippen LogP contribution < -0.4 is 10.6 Å². The SMILES string of the molecule is Cc1ccc(C(=O)Nc2ccc(C[C@H]3CC(=O)NC3=O)cc2)n1C. The molecule has 0 bridgehead atoms. The first kappa shape index (κ1) is 16.0. The maximum atomic E-state index is 12.3. The quantitative estimate of drug-likeness (QED) is 0.841. The third kappa shape index (κ3) is 3.22. The number of carbonyl (C=O) groups is 3. The lowest BCUT2D eigenvalue weighted by Crippen LogP contribution is -2.22. The molecule has 124 valence electrons. The average Bonchev–Trinajstić information content (AvgIpc) is 3.04. The summed E-state index contributed by atoms with van der Waals surface area (Å²) in [5, 5.41) is 5.17. The van der Waals surface area contributed by atoms with Gasteiger partial charge in [-0.25, -0.2) is 0 Å². The Kier molecular flexibility index (Phi) is 4.20. The van der Waals surface area contributed by atoms with Gasteiger partial charge in [0.05, 0.1) is 5.92 Å². The number of hydrogen-bond acceptors (Lipinski definition) is 3. The minimum atomic E-state index is -0.302. The van der Waals surface area contributed by atoms with E-state index in [2.05, 4.69) is 10.6 Å². The first-order valence-electron chi connectivity index (χ1n) is 7.80. The van der Waals surface area contributed by atoms with E-state index in [1.165, 1.54) is 0 Å². The highest BCUT2D eigenvalue weighted by Crippen LogP contribution is 2.19. The topological polar surface area (TPSA) is 80.2 Å². The number of anilines is 1. The normalized spacial score (nSPS) is 17.0. The first-order valence-corrected chi connectivity index (χ1v) is 7.80. The molecule has 0 unspecified atom stereocenters. The van der Waals surface area contributed by atoms with Gasteiger partial charge in [-0.05, 0) is 43.2 Å². The van der Waals surface area contributed by atoms with Crippen LogP contribution in [0.2, 0.25) is 0 Å². The lowest BCUT2D eigenvalue weighted by molar-refractivity contribution is -0.125. The molecule has 0 radical (unpaired) electrons. The van der Waals surface area contributed by atoms with Crippen LogP contribution in [0, 0.1) is 12.8 Å². The molecule has 3 rings (SSSR count). The summed E-state index contributed by atoms with van der Waals surface area (Å²) in [4.78, 5) is 35.1. The van der Waals surface area contributed by atoms with E-state index < -0.39 is 0 Å². The predicted molar refractivity (Wildman–Crippen MR) is 89.5 cm³/mol. The zero-order chi connectivity index (χ0) is 17.3. The summed E-state index contributed by atoms with van der Waals surface area (Å²) in [6.45, 7) is 1.94. The van der Waals surface area contributed by atoms with E-state index in [1.807, 2.05) is 36.7 Å². The molecule has 1 aromatic carbocycles. The number of imide groups is 1. The van der Waals surface area contributed by atoms with Crippen molar-refractivity contribution in [3.05, 3.63) is 53.3 Å². The van der Waals surface area contributed by atoms with Crippen molar-refractivity contribution in [3.63, 3.8) is 0 Å². The summed E-state index contributed by atoms with van der Waals surface area (Å²) < 4.78 is 1.83. The third-order valence-electron chi connectivity index (χ3n) is 4.36. The van der Waals surface area contributed by atoms with Crippen molar-refractivity contribution < 1.29 is 14.4 Å². The minimum Gasteiger partial charge on any atom is -0.344 e. The summed E-state index contributed by atoms with van der Waals surface area (Å²) in [5.74, 6) is -0.897. The second-order valence-corrected chi connectivity index (χ2v) is 6.09. The molecule has 0 spiro atoms. The molecule has 1 aliphatic rings. The van der Waals surface area contributed by atoms with Gasteiger partial charge in [0.15, 0.2) is 0 Å². The van der Waals surface area contributed by atoms with Crippen LogP contribution in [0.1, 0.15) is 28.2 Å². The van der Waals surface area contributed by atoms with E-state index in [4.69, 9.17) is 0 Å². The van der Waals surface area contributed by atoms with Crippen molar-refractivity contribution in [1.82, 2.24) is 9.88 Å². The average molecular weight is 325 g/mol. The predicted octanol–water partition coefficient (Wildman–Crippen LogP) is 1.79.